The number of nitrogen functional groups attached to an aromatic ring is 1. The molecule has 1 aliphatic heterocycles. The molecule has 9 heteroatoms. The molecule has 2 heterocycles. The standard InChI is InChI=1S/C21H26F2N4O3/c1-20(2,3)30-19(28)26-10-21(11-26)7-12(8-21)16-9-27(18(24)25-16)17-14(22)5-13(29-4)6-15(17)23/h5-6,9,12H,7-8,10-11H2,1-4H3,(H2,24,25). The summed E-state index contributed by atoms with van der Waals surface area (Å²) in [6, 6.07) is 2.21. The highest BCUT2D eigenvalue weighted by molar-refractivity contribution is 5.69. The molecule has 0 radical (unpaired) electrons. The van der Waals surface area contributed by atoms with Gasteiger partial charge in [0.2, 0.25) is 5.95 Å². The van der Waals surface area contributed by atoms with Gasteiger partial charge in [-0.05, 0) is 33.6 Å². The minimum atomic E-state index is -0.778. The Balaban J connectivity index is 1.43. The fourth-order valence-corrected chi connectivity index (χ4v) is 4.35. The predicted octanol–water partition coefficient (Wildman–Crippen LogP) is 3.86. The number of carbonyl (C=O) groups excluding carboxylic acids is 1. The number of carbonyl (C=O) groups is 1. The van der Waals surface area contributed by atoms with E-state index in [-0.39, 0.29) is 34.8 Å². The molecule has 1 saturated carbocycles. The first-order valence-electron chi connectivity index (χ1n) is 9.86. The third-order valence-electron chi connectivity index (χ3n) is 5.70. The van der Waals surface area contributed by atoms with E-state index in [9.17, 15) is 13.6 Å². The largest absolute Gasteiger partial charge is 0.497 e. The summed E-state index contributed by atoms with van der Waals surface area (Å²) in [5.41, 5.74) is 5.92. The van der Waals surface area contributed by atoms with Crippen LogP contribution in [-0.2, 0) is 4.74 Å². The van der Waals surface area contributed by atoms with Gasteiger partial charge in [-0.15, -0.1) is 0 Å². The average Bonchev–Trinajstić information content (AvgIpc) is 2.91. The van der Waals surface area contributed by atoms with Crippen molar-refractivity contribution in [1.82, 2.24) is 14.5 Å². The SMILES string of the molecule is COc1cc(F)c(-n2cc(C3CC4(C3)CN(C(=O)OC(C)(C)C)C4)nc2N)c(F)c1. The first kappa shape index (κ1) is 20.4. The molecule has 30 heavy (non-hydrogen) atoms. The van der Waals surface area contributed by atoms with E-state index in [4.69, 9.17) is 15.2 Å². The van der Waals surface area contributed by atoms with Gasteiger partial charge in [0.05, 0.1) is 12.8 Å². The van der Waals surface area contributed by atoms with Crippen molar-refractivity contribution in [3.63, 3.8) is 0 Å². The van der Waals surface area contributed by atoms with Crippen LogP contribution in [0.15, 0.2) is 18.3 Å². The summed E-state index contributed by atoms with van der Waals surface area (Å²) < 4.78 is 40.4. The lowest BCUT2D eigenvalue weighted by Crippen LogP contribution is -2.63. The highest BCUT2D eigenvalue weighted by Crippen LogP contribution is 2.56. The number of rotatable bonds is 3. The number of aromatic nitrogens is 2. The lowest BCUT2D eigenvalue weighted by molar-refractivity contribution is -0.0791. The van der Waals surface area contributed by atoms with Crippen molar-refractivity contribution in [3.8, 4) is 11.4 Å². The second-order valence-corrected chi connectivity index (χ2v) is 9.28. The van der Waals surface area contributed by atoms with Crippen molar-refractivity contribution >= 4 is 12.0 Å². The summed E-state index contributed by atoms with van der Waals surface area (Å²) in [4.78, 5) is 18.2. The maximum Gasteiger partial charge on any atom is 0.410 e. The molecule has 1 aromatic carbocycles. The van der Waals surface area contributed by atoms with E-state index in [1.165, 1.54) is 11.7 Å². The Kier molecular flexibility index (Phi) is 4.67. The van der Waals surface area contributed by atoms with Crippen LogP contribution in [0.1, 0.15) is 45.2 Å². The summed E-state index contributed by atoms with van der Waals surface area (Å²) in [6.07, 6.45) is 2.98. The normalized spacial score (nSPS) is 18.1. The van der Waals surface area contributed by atoms with E-state index >= 15 is 0 Å². The van der Waals surface area contributed by atoms with Crippen LogP contribution in [-0.4, -0.2) is 46.3 Å². The quantitative estimate of drug-likeness (QED) is 0.816. The number of hydrogen-bond acceptors (Lipinski definition) is 5. The number of ether oxygens (including phenoxy) is 2. The topological polar surface area (TPSA) is 82.6 Å². The molecule has 162 valence electrons. The number of halogens is 2. The highest BCUT2D eigenvalue weighted by Gasteiger charge is 2.55. The fraction of sp³-hybridized carbons (Fsp3) is 0.524. The van der Waals surface area contributed by atoms with Crippen molar-refractivity contribution in [1.29, 1.82) is 0 Å². The van der Waals surface area contributed by atoms with E-state index in [1.807, 2.05) is 20.8 Å². The third-order valence-corrected chi connectivity index (χ3v) is 5.70. The van der Waals surface area contributed by atoms with Gasteiger partial charge in [0.15, 0.2) is 11.6 Å². The number of nitrogens with two attached hydrogens (primary N) is 1. The zero-order valence-electron chi connectivity index (χ0n) is 17.5. The smallest absolute Gasteiger partial charge is 0.410 e. The third kappa shape index (κ3) is 3.57. The molecule has 4 rings (SSSR count). The van der Waals surface area contributed by atoms with Crippen LogP contribution in [0.25, 0.3) is 5.69 Å². The van der Waals surface area contributed by atoms with Crippen LogP contribution < -0.4 is 10.5 Å². The zero-order chi connectivity index (χ0) is 21.8. The van der Waals surface area contributed by atoms with Crippen LogP contribution in [0.2, 0.25) is 0 Å². The number of nitrogens with zero attached hydrogens (tertiary/aromatic N) is 3. The number of imidazole rings is 1. The van der Waals surface area contributed by atoms with Crippen LogP contribution in [0, 0.1) is 17.0 Å². The molecule has 2 aromatic rings. The van der Waals surface area contributed by atoms with Gasteiger partial charge >= 0.3 is 6.09 Å². The molecular formula is C21H26F2N4O3. The molecule has 0 unspecified atom stereocenters. The Hall–Kier alpha value is -2.84. The molecule has 1 aromatic heterocycles. The Bertz CT molecular complexity index is 962. The van der Waals surface area contributed by atoms with Gasteiger partial charge in [-0.2, -0.15) is 0 Å². The van der Waals surface area contributed by atoms with Crippen molar-refractivity contribution in [2.75, 3.05) is 25.9 Å². The second-order valence-electron chi connectivity index (χ2n) is 9.28. The molecule has 1 aliphatic carbocycles. The number of hydrogen-bond donors (Lipinski definition) is 1. The molecule has 1 spiro atoms. The summed E-state index contributed by atoms with van der Waals surface area (Å²) in [5.74, 6) is -1.30. The van der Waals surface area contributed by atoms with E-state index in [1.54, 1.807) is 11.1 Å². The predicted molar refractivity (Wildman–Crippen MR) is 107 cm³/mol. The second kappa shape index (κ2) is 6.85. The summed E-state index contributed by atoms with van der Waals surface area (Å²) in [6.45, 7) is 6.83. The molecule has 2 fully saturated rings. The van der Waals surface area contributed by atoms with Crippen molar-refractivity contribution in [2.45, 2.75) is 45.1 Å². The van der Waals surface area contributed by atoms with E-state index < -0.39 is 17.2 Å². The average molecular weight is 420 g/mol. The van der Waals surface area contributed by atoms with Crippen LogP contribution in [0.3, 0.4) is 0 Å². The number of anilines is 1. The van der Waals surface area contributed by atoms with Crippen molar-refractivity contribution < 1.29 is 23.0 Å². The maximum absolute atomic E-state index is 14.4. The van der Waals surface area contributed by atoms with Crippen molar-refractivity contribution in [3.05, 3.63) is 35.7 Å². The van der Waals surface area contributed by atoms with E-state index in [0.717, 1.165) is 25.0 Å². The van der Waals surface area contributed by atoms with Gasteiger partial charge in [-0.25, -0.2) is 18.6 Å². The summed E-state index contributed by atoms with van der Waals surface area (Å²) >= 11 is 0. The van der Waals surface area contributed by atoms with Gasteiger partial charge in [-0.1, -0.05) is 0 Å². The minimum absolute atomic E-state index is 0.0258. The molecule has 2 N–H and O–H groups in total. The first-order valence-corrected chi connectivity index (χ1v) is 9.86. The number of likely N-dealkylation sites (tertiary alicyclic amines) is 1. The monoisotopic (exact) mass is 420 g/mol. The van der Waals surface area contributed by atoms with E-state index in [0.29, 0.717) is 18.8 Å². The fourth-order valence-electron chi connectivity index (χ4n) is 4.35. The highest BCUT2D eigenvalue weighted by atomic mass is 19.1. The molecular weight excluding hydrogens is 394 g/mol. The van der Waals surface area contributed by atoms with Crippen LogP contribution >= 0.6 is 0 Å². The minimum Gasteiger partial charge on any atom is -0.497 e. The van der Waals surface area contributed by atoms with Gasteiger partial charge < -0.3 is 20.1 Å². The lowest BCUT2D eigenvalue weighted by Gasteiger charge is -2.58. The first-order chi connectivity index (χ1) is 14.0. The van der Waals surface area contributed by atoms with Gasteiger partial charge in [0.1, 0.15) is 17.0 Å². The Morgan fingerprint density at radius 1 is 1.23 bits per heavy atom. The number of amides is 1. The Labute approximate surface area is 173 Å². The zero-order valence-corrected chi connectivity index (χ0v) is 17.5. The lowest BCUT2D eigenvalue weighted by atomic mass is 9.57. The summed E-state index contributed by atoms with van der Waals surface area (Å²) in [7, 11) is 1.34. The number of methoxy groups -OCH3 is 1. The van der Waals surface area contributed by atoms with Gasteiger partial charge in [0, 0.05) is 42.8 Å². The molecule has 2 aliphatic rings. The Morgan fingerprint density at radius 3 is 2.37 bits per heavy atom. The molecule has 1 amide bonds. The number of benzene rings is 1. The van der Waals surface area contributed by atoms with Gasteiger partial charge in [-0.3, -0.25) is 4.57 Å². The maximum atomic E-state index is 14.4. The Morgan fingerprint density at radius 2 is 1.83 bits per heavy atom. The van der Waals surface area contributed by atoms with E-state index in [2.05, 4.69) is 4.98 Å². The van der Waals surface area contributed by atoms with Gasteiger partial charge in [0.25, 0.3) is 0 Å². The van der Waals surface area contributed by atoms with Crippen LogP contribution in [0.5, 0.6) is 5.75 Å². The molecule has 7 nitrogen and oxygen atoms in total. The molecule has 0 bridgehead atoms. The molecule has 0 atom stereocenters. The van der Waals surface area contributed by atoms with Crippen molar-refractivity contribution in [2.24, 2.45) is 5.41 Å². The molecule has 1 saturated heterocycles. The van der Waals surface area contributed by atoms with Crippen LogP contribution in [0.4, 0.5) is 19.5 Å². The summed E-state index contributed by atoms with van der Waals surface area (Å²) in [5, 5.41) is 0.